The maximum absolute atomic E-state index is 12.0. The molecule has 0 aliphatic carbocycles. The lowest BCUT2D eigenvalue weighted by molar-refractivity contribution is 0.0956. The van der Waals surface area contributed by atoms with Crippen LogP contribution in [0.4, 0.5) is 10.5 Å². The van der Waals surface area contributed by atoms with Crippen LogP contribution in [-0.4, -0.2) is 24.9 Å². The number of amides is 4. The summed E-state index contributed by atoms with van der Waals surface area (Å²) in [7, 11) is 1.59. The average molecular weight is 405 g/mol. The van der Waals surface area contributed by atoms with E-state index in [0.29, 0.717) is 16.8 Å². The minimum absolute atomic E-state index is 0.136. The molecule has 7 heteroatoms. The van der Waals surface area contributed by atoms with Crippen LogP contribution in [0.2, 0.25) is 0 Å². The fraction of sp³-hybridized carbons (Fsp3) is 0.0455. The first-order valence-electron chi connectivity index (χ1n) is 8.82. The minimum Gasteiger partial charge on any atom is -0.355 e. The summed E-state index contributed by atoms with van der Waals surface area (Å²) < 4.78 is 0. The summed E-state index contributed by atoms with van der Waals surface area (Å²) in [4.78, 5) is 37.6. The molecular weight excluding hydrogens is 386 g/mol. The molecule has 0 heterocycles. The Kier molecular flexibility index (Phi) is 6.65. The number of benzene rings is 3. The number of hydrogen-bond donors (Lipinski definition) is 3. The fourth-order valence-electron chi connectivity index (χ4n) is 2.51. The van der Waals surface area contributed by atoms with Gasteiger partial charge in [0.1, 0.15) is 0 Å². The predicted molar refractivity (Wildman–Crippen MR) is 113 cm³/mol. The zero-order valence-corrected chi connectivity index (χ0v) is 16.5. The Morgan fingerprint density at radius 3 is 2.10 bits per heavy atom. The second-order valence-corrected chi connectivity index (χ2v) is 7.15. The molecule has 4 amide bonds. The van der Waals surface area contributed by atoms with Crippen LogP contribution < -0.4 is 16.0 Å². The van der Waals surface area contributed by atoms with Crippen molar-refractivity contribution in [3.05, 3.63) is 90.0 Å². The van der Waals surface area contributed by atoms with E-state index in [-0.39, 0.29) is 5.91 Å². The van der Waals surface area contributed by atoms with Gasteiger partial charge >= 0.3 is 6.03 Å². The maximum Gasteiger partial charge on any atom is 0.326 e. The van der Waals surface area contributed by atoms with Gasteiger partial charge < -0.3 is 10.6 Å². The number of imide groups is 1. The smallest absolute Gasteiger partial charge is 0.326 e. The summed E-state index contributed by atoms with van der Waals surface area (Å²) in [5.74, 6) is -0.602. The van der Waals surface area contributed by atoms with E-state index >= 15 is 0 Å². The highest BCUT2D eigenvalue weighted by Crippen LogP contribution is 2.29. The molecule has 0 unspecified atom stereocenters. The Balaban J connectivity index is 1.58. The van der Waals surface area contributed by atoms with Crippen molar-refractivity contribution >= 4 is 35.3 Å². The lowest BCUT2D eigenvalue weighted by Gasteiger charge is -2.08. The van der Waals surface area contributed by atoms with Crippen molar-refractivity contribution in [2.45, 2.75) is 9.79 Å². The van der Waals surface area contributed by atoms with E-state index in [1.807, 2.05) is 30.3 Å². The van der Waals surface area contributed by atoms with E-state index in [2.05, 4.69) is 16.0 Å². The van der Waals surface area contributed by atoms with E-state index < -0.39 is 11.9 Å². The molecule has 0 saturated heterocycles. The van der Waals surface area contributed by atoms with Crippen LogP contribution in [0, 0.1) is 0 Å². The Morgan fingerprint density at radius 2 is 1.41 bits per heavy atom. The van der Waals surface area contributed by atoms with Crippen LogP contribution >= 0.6 is 11.8 Å². The Hall–Kier alpha value is -3.58. The molecular formula is C22H19N3O3S. The van der Waals surface area contributed by atoms with Crippen LogP contribution in [0.5, 0.6) is 0 Å². The van der Waals surface area contributed by atoms with Crippen LogP contribution in [0.25, 0.3) is 0 Å². The van der Waals surface area contributed by atoms with Crippen LogP contribution in [0.3, 0.4) is 0 Å². The molecule has 0 fully saturated rings. The number of rotatable bonds is 5. The standard InChI is InChI=1S/C22H19N3O3S/c1-23-20(26)16-8-5-9-19(14-16)29-18-12-10-17(11-13-18)24-22(28)25-21(27)15-6-3-2-4-7-15/h2-14H,1H3,(H,23,26)(H2,24,25,27,28). The first kappa shape index (κ1) is 20.2. The third kappa shape index (κ3) is 5.70. The number of nitrogens with one attached hydrogen (secondary N) is 3. The third-order valence-electron chi connectivity index (χ3n) is 3.93. The molecule has 0 spiro atoms. The second kappa shape index (κ2) is 9.57. The molecule has 29 heavy (non-hydrogen) atoms. The van der Waals surface area contributed by atoms with Gasteiger partial charge in [-0.2, -0.15) is 0 Å². The predicted octanol–water partition coefficient (Wildman–Crippen LogP) is 4.16. The first-order valence-corrected chi connectivity index (χ1v) is 9.64. The van der Waals surface area contributed by atoms with Gasteiger partial charge in [0, 0.05) is 33.7 Å². The summed E-state index contributed by atoms with van der Waals surface area (Å²) in [6.07, 6.45) is 0. The molecule has 0 aromatic heterocycles. The molecule has 3 N–H and O–H groups in total. The lowest BCUT2D eigenvalue weighted by Crippen LogP contribution is -2.34. The highest BCUT2D eigenvalue weighted by Gasteiger charge is 2.10. The van der Waals surface area contributed by atoms with Crippen molar-refractivity contribution in [1.29, 1.82) is 0 Å². The molecule has 0 atom stereocenters. The molecule has 0 aliphatic heterocycles. The maximum atomic E-state index is 12.0. The highest BCUT2D eigenvalue weighted by molar-refractivity contribution is 7.99. The van der Waals surface area contributed by atoms with E-state index in [9.17, 15) is 14.4 Å². The lowest BCUT2D eigenvalue weighted by atomic mass is 10.2. The van der Waals surface area contributed by atoms with Crippen LogP contribution in [-0.2, 0) is 0 Å². The van der Waals surface area contributed by atoms with Crippen molar-refractivity contribution in [2.24, 2.45) is 0 Å². The number of urea groups is 1. The molecule has 0 radical (unpaired) electrons. The monoisotopic (exact) mass is 405 g/mol. The van der Waals surface area contributed by atoms with Gasteiger partial charge in [-0.05, 0) is 54.6 Å². The molecule has 6 nitrogen and oxygen atoms in total. The first-order chi connectivity index (χ1) is 14.0. The molecule has 3 aromatic rings. The molecule has 0 bridgehead atoms. The van der Waals surface area contributed by atoms with Crippen molar-refractivity contribution in [3.63, 3.8) is 0 Å². The third-order valence-corrected chi connectivity index (χ3v) is 4.93. The quantitative estimate of drug-likeness (QED) is 0.595. The number of hydrogen-bond acceptors (Lipinski definition) is 4. The van der Waals surface area contributed by atoms with Crippen LogP contribution in [0.15, 0.2) is 88.7 Å². The minimum atomic E-state index is -0.600. The van der Waals surface area contributed by atoms with E-state index in [1.54, 1.807) is 55.6 Å². The Labute approximate surface area is 172 Å². The number of anilines is 1. The summed E-state index contributed by atoms with van der Waals surface area (Å²) in [6, 6.07) is 22.4. The van der Waals surface area contributed by atoms with E-state index in [1.165, 1.54) is 11.8 Å². The fourth-order valence-corrected chi connectivity index (χ4v) is 3.39. The van der Waals surface area contributed by atoms with Crippen molar-refractivity contribution in [3.8, 4) is 0 Å². The van der Waals surface area contributed by atoms with Gasteiger partial charge in [-0.1, -0.05) is 36.0 Å². The van der Waals surface area contributed by atoms with Gasteiger partial charge in [-0.15, -0.1) is 0 Å². The van der Waals surface area contributed by atoms with Crippen LogP contribution in [0.1, 0.15) is 20.7 Å². The molecule has 3 aromatic carbocycles. The summed E-state index contributed by atoms with van der Waals surface area (Å²) in [5, 5.41) is 7.53. The van der Waals surface area contributed by atoms with E-state index in [4.69, 9.17) is 0 Å². The van der Waals surface area contributed by atoms with Gasteiger partial charge in [0.15, 0.2) is 0 Å². The molecule has 0 saturated carbocycles. The summed E-state index contributed by atoms with van der Waals surface area (Å²) >= 11 is 1.50. The largest absolute Gasteiger partial charge is 0.355 e. The second-order valence-electron chi connectivity index (χ2n) is 6.01. The zero-order chi connectivity index (χ0) is 20.6. The number of carbonyl (C=O) groups is 3. The van der Waals surface area contributed by atoms with E-state index in [0.717, 1.165) is 9.79 Å². The Bertz CT molecular complexity index is 1020. The van der Waals surface area contributed by atoms with Crippen molar-refractivity contribution < 1.29 is 14.4 Å². The average Bonchev–Trinajstić information content (AvgIpc) is 2.75. The summed E-state index contributed by atoms with van der Waals surface area (Å²) in [6.45, 7) is 0. The normalized spacial score (nSPS) is 10.1. The summed E-state index contributed by atoms with van der Waals surface area (Å²) in [5.41, 5.74) is 1.57. The highest BCUT2D eigenvalue weighted by atomic mass is 32.2. The van der Waals surface area contributed by atoms with Gasteiger partial charge in [-0.3, -0.25) is 14.9 Å². The Morgan fingerprint density at radius 1 is 0.724 bits per heavy atom. The topological polar surface area (TPSA) is 87.3 Å². The van der Waals surface area contributed by atoms with Crippen molar-refractivity contribution in [2.75, 3.05) is 12.4 Å². The SMILES string of the molecule is CNC(=O)c1cccc(Sc2ccc(NC(=O)NC(=O)c3ccccc3)cc2)c1. The van der Waals surface area contributed by atoms with Gasteiger partial charge in [-0.25, -0.2) is 4.79 Å². The zero-order valence-electron chi connectivity index (χ0n) is 15.6. The van der Waals surface area contributed by atoms with Gasteiger partial charge in [0.25, 0.3) is 11.8 Å². The van der Waals surface area contributed by atoms with Crippen molar-refractivity contribution in [1.82, 2.24) is 10.6 Å². The number of carbonyl (C=O) groups excluding carboxylic acids is 3. The van der Waals surface area contributed by atoms with Gasteiger partial charge in [0.2, 0.25) is 0 Å². The molecule has 0 aliphatic rings. The molecule has 3 rings (SSSR count). The van der Waals surface area contributed by atoms with Gasteiger partial charge in [0.05, 0.1) is 0 Å². The molecule has 146 valence electrons.